The van der Waals surface area contributed by atoms with Crippen molar-refractivity contribution in [2.24, 2.45) is 0 Å². The molecule has 0 atom stereocenters. The van der Waals surface area contributed by atoms with Crippen LogP contribution in [0.3, 0.4) is 0 Å². The molecule has 0 bridgehead atoms. The zero-order chi connectivity index (χ0) is 15.3. The monoisotopic (exact) mass is 284 g/mol. The van der Waals surface area contributed by atoms with E-state index >= 15 is 0 Å². The highest BCUT2D eigenvalue weighted by Crippen LogP contribution is 2.22. The molecule has 0 saturated carbocycles. The van der Waals surface area contributed by atoms with Crippen molar-refractivity contribution in [3.63, 3.8) is 0 Å². The molecule has 0 aliphatic heterocycles. The Hall–Kier alpha value is -2.29. The number of carbonyl (C=O) groups is 1. The van der Waals surface area contributed by atoms with E-state index in [9.17, 15) is 4.79 Å². The predicted octanol–water partition coefficient (Wildman–Crippen LogP) is 4.12. The van der Waals surface area contributed by atoms with E-state index in [1.54, 1.807) is 0 Å². The van der Waals surface area contributed by atoms with E-state index in [4.69, 9.17) is 9.47 Å². The molecule has 21 heavy (non-hydrogen) atoms. The molecule has 0 heterocycles. The van der Waals surface area contributed by atoms with E-state index in [2.05, 4.69) is 18.7 Å². The molecule has 3 nitrogen and oxygen atoms in total. The summed E-state index contributed by atoms with van der Waals surface area (Å²) >= 11 is 0. The minimum Gasteiger partial charge on any atom is -0.493 e. The number of fused-ring (bicyclic) bond motifs is 1. The van der Waals surface area contributed by atoms with Crippen LogP contribution in [-0.2, 0) is 9.53 Å². The van der Waals surface area contributed by atoms with Crippen LogP contribution in [0.5, 0.6) is 5.75 Å². The lowest BCUT2D eigenvalue weighted by molar-refractivity contribution is -0.151. The molecule has 0 aliphatic rings. The van der Waals surface area contributed by atoms with Gasteiger partial charge in [0.2, 0.25) is 0 Å². The first-order chi connectivity index (χ1) is 10.00. The van der Waals surface area contributed by atoms with Gasteiger partial charge in [0.1, 0.15) is 11.4 Å². The molecular formula is C18H20O3. The SMILES string of the molecule is C=CC(=O)OC(C)(C)CCOc1ccc2ccccc2c1. The van der Waals surface area contributed by atoms with Crippen LogP contribution in [0, 0.1) is 0 Å². The summed E-state index contributed by atoms with van der Waals surface area (Å²) in [4.78, 5) is 11.2. The second-order valence-corrected chi connectivity index (χ2v) is 5.49. The number of benzene rings is 2. The normalized spacial score (nSPS) is 11.1. The summed E-state index contributed by atoms with van der Waals surface area (Å²) in [6, 6.07) is 14.1. The zero-order valence-electron chi connectivity index (χ0n) is 12.5. The van der Waals surface area contributed by atoms with Crippen molar-refractivity contribution in [1.82, 2.24) is 0 Å². The zero-order valence-corrected chi connectivity index (χ0v) is 12.5. The predicted molar refractivity (Wildman–Crippen MR) is 84.4 cm³/mol. The van der Waals surface area contributed by atoms with Crippen molar-refractivity contribution >= 4 is 16.7 Å². The van der Waals surface area contributed by atoms with Gasteiger partial charge in [0.15, 0.2) is 0 Å². The van der Waals surface area contributed by atoms with Gasteiger partial charge in [-0.1, -0.05) is 36.9 Å². The van der Waals surface area contributed by atoms with E-state index in [0.29, 0.717) is 13.0 Å². The average molecular weight is 284 g/mol. The number of carbonyl (C=O) groups excluding carboxylic acids is 1. The van der Waals surface area contributed by atoms with Gasteiger partial charge in [-0.2, -0.15) is 0 Å². The number of esters is 1. The van der Waals surface area contributed by atoms with Gasteiger partial charge in [0.05, 0.1) is 6.61 Å². The summed E-state index contributed by atoms with van der Waals surface area (Å²) in [5.74, 6) is 0.408. The Morgan fingerprint density at radius 2 is 1.90 bits per heavy atom. The van der Waals surface area contributed by atoms with Crippen LogP contribution in [0.2, 0.25) is 0 Å². The van der Waals surface area contributed by atoms with E-state index in [1.165, 1.54) is 11.5 Å². The van der Waals surface area contributed by atoms with Crippen LogP contribution < -0.4 is 4.74 Å². The van der Waals surface area contributed by atoms with Gasteiger partial charge in [0, 0.05) is 12.5 Å². The lowest BCUT2D eigenvalue weighted by atomic mass is 10.1. The molecule has 0 radical (unpaired) electrons. The summed E-state index contributed by atoms with van der Waals surface area (Å²) < 4.78 is 11.0. The standard InChI is InChI=1S/C18H20O3/c1-4-17(19)21-18(2,3)11-12-20-16-10-9-14-7-5-6-8-15(14)13-16/h4-10,13H,1,11-12H2,2-3H3. The van der Waals surface area contributed by atoms with Gasteiger partial charge in [-0.25, -0.2) is 4.79 Å². The van der Waals surface area contributed by atoms with Gasteiger partial charge >= 0.3 is 5.97 Å². The van der Waals surface area contributed by atoms with Crippen LogP contribution >= 0.6 is 0 Å². The molecule has 2 aromatic carbocycles. The first-order valence-corrected chi connectivity index (χ1v) is 6.97. The Labute approximate surface area is 125 Å². The lowest BCUT2D eigenvalue weighted by Crippen LogP contribution is -2.29. The van der Waals surface area contributed by atoms with Crippen LogP contribution in [0.25, 0.3) is 10.8 Å². The van der Waals surface area contributed by atoms with Gasteiger partial charge < -0.3 is 9.47 Å². The highest BCUT2D eigenvalue weighted by atomic mass is 16.6. The second kappa shape index (κ2) is 6.44. The molecule has 0 fully saturated rings. The minimum atomic E-state index is -0.567. The average Bonchev–Trinajstić information content (AvgIpc) is 2.46. The molecule has 2 aromatic rings. The topological polar surface area (TPSA) is 35.5 Å². The lowest BCUT2D eigenvalue weighted by Gasteiger charge is -2.24. The van der Waals surface area contributed by atoms with Crippen LogP contribution in [0.4, 0.5) is 0 Å². The third-order valence-corrected chi connectivity index (χ3v) is 3.24. The van der Waals surface area contributed by atoms with E-state index in [-0.39, 0.29) is 0 Å². The van der Waals surface area contributed by atoms with Gasteiger partial charge in [-0.15, -0.1) is 0 Å². The number of rotatable bonds is 6. The third kappa shape index (κ3) is 4.35. The number of hydrogen-bond acceptors (Lipinski definition) is 3. The molecular weight excluding hydrogens is 264 g/mol. The molecule has 0 N–H and O–H groups in total. The fraction of sp³-hybridized carbons (Fsp3) is 0.278. The Morgan fingerprint density at radius 1 is 1.19 bits per heavy atom. The van der Waals surface area contributed by atoms with E-state index in [1.807, 2.05) is 44.2 Å². The quantitative estimate of drug-likeness (QED) is 0.591. The van der Waals surface area contributed by atoms with Gasteiger partial charge in [-0.05, 0) is 36.8 Å². The molecule has 0 spiro atoms. The van der Waals surface area contributed by atoms with Crippen molar-refractivity contribution in [3.8, 4) is 5.75 Å². The molecule has 0 amide bonds. The third-order valence-electron chi connectivity index (χ3n) is 3.24. The molecule has 2 rings (SSSR count). The van der Waals surface area contributed by atoms with E-state index in [0.717, 1.165) is 11.1 Å². The first kappa shape index (κ1) is 15.1. The van der Waals surface area contributed by atoms with E-state index < -0.39 is 11.6 Å². The van der Waals surface area contributed by atoms with Crippen molar-refractivity contribution in [2.45, 2.75) is 25.9 Å². The smallest absolute Gasteiger partial charge is 0.330 e. The van der Waals surface area contributed by atoms with Crippen LogP contribution in [0.15, 0.2) is 55.1 Å². The molecule has 0 unspecified atom stereocenters. The molecule has 110 valence electrons. The molecule has 0 aromatic heterocycles. The fourth-order valence-electron chi connectivity index (χ4n) is 2.04. The second-order valence-electron chi connectivity index (χ2n) is 5.49. The van der Waals surface area contributed by atoms with Crippen LogP contribution in [0.1, 0.15) is 20.3 Å². The highest BCUT2D eigenvalue weighted by Gasteiger charge is 2.21. The van der Waals surface area contributed by atoms with Gasteiger partial charge in [-0.3, -0.25) is 0 Å². The largest absolute Gasteiger partial charge is 0.493 e. The summed E-state index contributed by atoms with van der Waals surface area (Å²) in [5, 5.41) is 2.33. The van der Waals surface area contributed by atoms with Gasteiger partial charge in [0.25, 0.3) is 0 Å². The molecule has 3 heteroatoms. The summed E-state index contributed by atoms with van der Waals surface area (Å²) in [5.41, 5.74) is -0.567. The van der Waals surface area contributed by atoms with Crippen molar-refractivity contribution < 1.29 is 14.3 Å². The number of hydrogen-bond donors (Lipinski definition) is 0. The minimum absolute atomic E-state index is 0.411. The van der Waals surface area contributed by atoms with Crippen molar-refractivity contribution in [3.05, 3.63) is 55.1 Å². The van der Waals surface area contributed by atoms with Crippen molar-refractivity contribution in [2.75, 3.05) is 6.61 Å². The molecule has 0 aliphatic carbocycles. The maximum absolute atomic E-state index is 11.2. The Kier molecular flexibility index (Phi) is 4.63. The highest BCUT2D eigenvalue weighted by molar-refractivity contribution is 5.83. The van der Waals surface area contributed by atoms with Crippen LogP contribution in [-0.4, -0.2) is 18.2 Å². The maximum Gasteiger partial charge on any atom is 0.330 e. The molecule has 0 saturated heterocycles. The Bertz CT molecular complexity index is 644. The summed E-state index contributed by atoms with van der Waals surface area (Å²) in [7, 11) is 0. The maximum atomic E-state index is 11.2. The summed E-state index contributed by atoms with van der Waals surface area (Å²) in [6.07, 6.45) is 1.78. The Morgan fingerprint density at radius 3 is 2.62 bits per heavy atom. The summed E-state index contributed by atoms with van der Waals surface area (Å²) in [6.45, 7) is 7.60. The van der Waals surface area contributed by atoms with Crippen molar-refractivity contribution in [1.29, 1.82) is 0 Å². The Balaban J connectivity index is 1.92. The number of ether oxygens (including phenoxy) is 2. The first-order valence-electron chi connectivity index (χ1n) is 6.97. The fourth-order valence-corrected chi connectivity index (χ4v) is 2.04.